The third kappa shape index (κ3) is 5.19. The van der Waals surface area contributed by atoms with Crippen LogP contribution in [0.25, 0.3) is 0 Å². The van der Waals surface area contributed by atoms with E-state index in [-0.39, 0.29) is 10.7 Å². The molecule has 194 valence electrons. The van der Waals surface area contributed by atoms with Crippen molar-refractivity contribution in [3.63, 3.8) is 0 Å². The van der Waals surface area contributed by atoms with Crippen molar-refractivity contribution in [3.8, 4) is 0 Å². The largest absolute Gasteiger partial charge is 0.455 e. The first-order chi connectivity index (χ1) is 18.3. The van der Waals surface area contributed by atoms with Crippen LogP contribution >= 0.6 is 0 Å². The number of amides is 1. The predicted molar refractivity (Wildman–Crippen MR) is 147 cm³/mol. The molecule has 0 atom stereocenters. The van der Waals surface area contributed by atoms with E-state index in [1.807, 2.05) is 67.6 Å². The summed E-state index contributed by atoms with van der Waals surface area (Å²) in [5.41, 5.74) is 7.34. The van der Waals surface area contributed by atoms with Gasteiger partial charge in [0.2, 0.25) is 0 Å². The number of para-hydroxylation sites is 2. The molecule has 0 saturated carbocycles. The lowest BCUT2D eigenvalue weighted by Crippen LogP contribution is -2.39. The van der Waals surface area contributed by atoms with Crippen molar-refractivity contribution in [1.82, 2.24) is 10.3 Å². The smallest absolute Gasteiger partial charge is 0.306 e. The monoisotopic (exact) mass is 528 g/mol. The van der Waals surface area contributed by atoms with Crippen LogP contribution in [0.3, 0.4) is 0 Å². The van der Waals surface area contributed by atoms with Gasteiger partial charge in [0, 0.05) is 17.5 Å². The molecule has 1 aliphatic carbocycles. The Balaban J connectivity index is 1.43. The molecule has 8 nitrogen and oxygen atoms in total. The Hall–Kier alpha value is -4.37. The van der Waals surface area contributed by atoms with Crippen LogP contribution in [0.1, 0.15) is 45.8 Å². The minimum atomic E-state index is -3.83. The molecule has 2 N–H and O–H groups in total. The van der Waals surface area contributed by atoms with Gasteiger partial charge in [0.05, 0.1) is 22.0 Å². The first-order valence-corrected chi connectivity index (χ1v) is 13.8. The van der Waals surface area contributed by atoms with E-state index in [4.69, 9.17) is 4.42 Å². The average molecular weight is 529 g/mol. The topological polar surface area (TPSA) is 104 Å². The molecule has 1 aliphatic rings. The molecule has 0 bridgehead atoms. The zero-order valence-corrected chi connectivity index (χ0v) is 22.0. The number of carbonyl (C=O) groups excluding carboxylic acids is 1. The van der Waals surface area contributed by atoms with Gasteiger partial charge < -0.3 is 4.42 Å². The quantitative estimate of drug-likeness (QED) is 0.313. The fraction of sp³-hybridized carbons (Fsp3) is 0.172. The molecule has 3 aromatic carbocycles. The van der Waals surface area contributed by atoms with Gasteiger partial charge in [-0.15, -0.1) is 0 Å². The fourth-order valence-corrected chi connectivity index (χ4v) is 5.30. The molecule has 0 spiro atoms. The van der Waals surface area contributed by atoms with Crippen LogP contribution in [0.15, 0.2) is 99.3 Å². The maximum absolute atomic E-state index is 13.5. The number of hydrazine groups is 1. The van der Waals surface area contributed by atoms with E-state index >= 15 is 0 Å². The number of aryl methyl sites for hydroxylation is 2. The minimum Gasteiger partial charge on any atom is -0.455 e. The fourth-order valence-electron chi connectivity index (χ4n) is 4.47. The Bertz CT molecular complexity index is 1540. The molecular formula is C29H28N4O4S. The lowest BCUT2D eigenvalue weighted by atomic mass is 9.93. The molecular weight excluding hydrogens is 500 g/mol. The minimum absolute atomic E-state index is 0.134. The summed E-state index contributed by atoms with van der Waals surface area (Å²) in [5, 5.41) is 5.96. The first-order valence-electron chi connectivity index (χ1n) is 12.3. The van der Waals surface area contributed by atoms with E-state index in [0.717, 1.165) is 23.4 Å². The number of benzene rings is 3. The van der Waals surface area contributed by atoms with Gasteiger partial charge in [0.15, 0.2) is 5.76 Å². The lowest BCUT2D eigenvalue weighted by molar-refractivity contribution is 0.0923. The summed E-state index contributed by atoms with van der Waals surface area (Å²) in [7, 11) is -3.83. The van der Waals surface area contributed by atoms with Crippen LogP contribution in [0.2, 0.25) is 0 Å². The third-order valence-corrected chi connectivity index (χ3v) is 7.63. The highest BCUT2D eigenvalue weighted by atomic mass is 32.2. The summed E-state index contributed by atoms with van der Waals surface area (Å²) in [6.07, 6.45) is 1.92. The number of anilines is 2. The van der Waals surface area contributed by atoms with Gasteiger partial charge in [0.1, 0.15) is 5.76 Å². The second-order valence-electron chi connectivity index (χ2n) is 9.12. The molecule has 0 fully saturated rings. The van der Waals surface area contributed by atoms with Crippen LogP contribution < -0.4 is 15.3 Å². The molecule has 0 saturated heterocycles. The number of hydrogen-bond acceptors (Lipinski definition) is 6. The van der Waals surface area contributed by atoms with Crippen molar-refractivity contribution in [2.45, 2.75) is 38.0 Å². The zero-order valence-electron chi connectivity index (χ0n) is 21.1. The van der Waals surface area contributed by atoms with Crippen molar-refractivity contribution < 1.29 is 17.6 Å². The Morgan fingerprint density at radius 3 is 2.08 bits per heavy atom. The van der Waals surface area contributed by atoms with Gasteiger partial charge in [-0.25, -0.2) is 0 Å². The maximum Gasteiger partial charge on any atom is 0.306 e. The standard InChI is InChI=1S/C29H28N4O4S/c1-20-16-18-24(19-17-20)38(35,36)32-30-25-14-9-15-26-27(25)21(2)28(37-26)29(34)31-33(22-10-5-3-6-11-22)23-12-7-4-8-13-23/h3-8,10-13,16-19,32H,9,14-15H2,1-2H3,(H,31,34)/b30-25+. The molecule has 9 heteroatoms. The molecule has 0 aliphatic heterocycles. The van der Waals surface area contributed by atoms with Crippen LogP contribution in [0.4, 0.5) is 11.4 Å². The molecule has 1 amide bonds. The van der Waals surface area contributed by atoms with Crippen LogP contribution in [-0.2, 0) is 16.4 Å². The van der Waals surface area contributed by atoms with Crippen molar-refractivity contribution in [2.75, 3.05) is 5.01 Å². The van der Waals surface area contributed by atoms with Gasteiger partial charge in [-0.1, -0.05) is 54.1 Å². The van der Waals surface area contributed by atoms with Gasteiger partial charge in [-0.3, -0.25) is 15.2 Å². The van der Waals surface area contributed by atoms with Gasteiger partial charge in [-0.05, 0) is 63.1 Å². The first kappa shape index (κ1) is 25.3. The predicted octanol–water partition coefficient (Wildman–Crippen LogP) is 5.40. The summed E-state index contributed by atoms with van der Waals surface area (Å²) >= 11 is 0. The van der Waals surface area contributed by atoms with E-state index in [9.17, 15) is 13.2 Å². The molecule has 0 unspecified atom stereocenters. The summed E-state index contributed by atoms with van der Waals surface area (Å²) in [4.78, 5) is 16.0. The number of hydrazone groups is 1. The third-order valence-electron chi connectivity index (χ3n) is 6.41. The average Bonchev–Trinajstić information content (AvgIpc) is 3.28. The van der Waals surface area contributed by atoms with Gasteiger partial charge in [-0.2, -0.15) is 18.4 Å². The SMILES string of the molecule is Cc1ccc(S(=O)(=O)N/N=C2\CCCc3oc(C(=O)NN(c4ccccc4)c4ccccc4)c(C)c32)cc1. The van der Waals surface area contributed by atoms with E-state index in [1.165, 1.54) is 0 Å². The number of rotatable bonds is 7. The number of nitrogens with zero attached hydrogens (tertiary/aromatic N) is 2. The van der Waals surface area contributed by atoms with Gasteiger partial charge in [0.25, 0.3) is 10.0 Å². The van der Waals surface area contributed by atoms with Crippen molar-refractivity contribution >= 4 is 33.0 Å². The van der Waals surface area contributed by atoms with Crippen molar-refractivity contribution in [2.24, 2.45) is 5.10 Å². The van der Waals surface area contributed by atoms with Crippen molar-refractivity contribution in [1.29, 1.82) is 0 Å². The lowest BCUT2D eigenvalue weighted by Gasteiger charge is -2.25. The summed E-state index contributed by atoms with van der Waals surface area (Å²) < 4.78 is 31.6. The Kier molecular flexibility index (Phi) is 7.02. The Labute approximate surface area is 222 Å². The summed E-state index contributed by atoms with van der Waals surface area (Å²) in [5.74, 6) is 0.380. The van der Waals surface area contributed by atoms with E-state index in [0.29, 0.717) is 35.4 Å². The molecule has 5 rings (SSSR count). The van der Waals surface area contributed by atoms with E-state index in [1.54, 1.807) is 36.2 Å². The number of nitrogens with one attached hydrogen (secondary N) is 2. The highest BCUT2D eigenvalue weighted by Crippen LogP contribution is 2.31. The van der Waals surface area contributed by atoms with Crippen molar-refractivity contribution in [3.05, 3.63) is 113 Å². The molecule has 1 heterocycles. The normalized spacial score (nSPS) is 14.1. The van der Waals surface area contributed by atoms with Gasteiger partial charge >= 0.3 is 5.91 Å². The Morgan fingerprint density at radius 1 is 0.868 bits per heavy atom. The molecule has 1 aromatic heterocycles. The van der Waals surface area contributed by atoms with Crippen LogP contribution in [0.5, 0.6) is 0 Å². The highest BCUT2D eigenvalue weighted by Gasteiger charge is 2.29. The number of hydrogen-bond donors (Lipinski definition) is 2. The number of carbonyl (C=O) groups is 1. The second-order valence-corrected chi connectivity index (χ2v) is 10.8. The second kappa shape index (κ2) is 10.5. The van der Waals surface area contributed by atoms with E-state index < -0.39 is 15.9 Å². The summed E-state index contributed by atoms with van der Waals surface area (Å²) in [6, 6.07) is 25.6. The Morgan fingerprint density at radius 2 is 1.47 bits per heavy atom. The van der Waals surface area contributed by atoms with Crippen LogP contribution in [-0.4, -0.2) is 20.0 Å². The van der Waals surface area contributed by atoms with E-state index in [2.05, 4.69) is 15.4 Å². The molecule has 4 aromatic rings. The number of fused-ring (bicyclic) bond motifs is 1. The number of sulfonamides is 1. The highest BCUT2D eigenvalue weighted by molar-refractivity contribution is 7.89. The van der Waals surface area contributed by atoms with Crippen LogP contribution in [0, 0.1) is 13.8 Å². The zero-order chi connectivity index (χ0) is 26.7. The molecule has 38 heavy (non-hydrogen) atoms. The molecule has 0 radical (unpaired) electrons. The maximum atomic E-state index is 13.5. The summed E-state index contributed by atoms with van der Waals surface area (Å²) in [6.45, 7) is 3.68. The number of furan rings is 1.